The highest BCUT2D eigenvalue weighted by molar-refractivity contribution is 6.36. The van der Waals surface area contributed by atoms with Crippen molar-refractivity contribution in [2.45, 2.75) is 0 Å². The van der Waals surface area contributed by atoms with Crippen LogP contribution in [-0.4, -0.2) is 22.4 Å². The predicted octanol–water partition coefficient (Wildman–Crippen LogP) is 4.32. The number of benzene rings is 2. The average Bonchev–Trinajstić information content (AvgIpc) is 2.88. The van der Waals surface area contributed by atoms with E-state index in [4.69, 9.17) is 23.2 Å². The van der Waals surface area contributed by atoms with Gasteiger partial charge in [0.15, 0.2) is 5.82 Å². The molecule has 1 aromatic heterocycles. The van der Waals surface area contributed by atoms with Crippen molar-refractivity contribution in [2.75, 3.05) is 0 Å². The Morgan fingerprint density at radius 3 is 2.62 bits per heavy atom. The first-order chi connectivity index (χ1) is 10.2. The lowest BCUT2D eigenvalue weighted by Gasteiger charge is -1.96. The SMILES string of the molecule is Clc1ccc(C=NN=Cc2nc3ccccc3[nH]2)c(Cl)c1. The molecule has 0 fully saturated rings. The fourth-order valence-electron chi connectivity index (χ4n) is 1.82. The highest BCUT2D eigenvalue weighted by Crippen LogP contribution is 2.19. The van der Waals surface area contributed by atoms with Crippen LogP contribution >= 0.6 is 23.2 Å². The monoisotopic (exact) mass is 316 g/mol. The zero-order valence-corrected chi connectivity index (χ0v) is 12.3. The summed E-state index contributed by atoms with van der Waals surface area (Å²) in [6.45, 7) is 0. The van der Waals surface area contributed by atoms with Crippen molar-refractivity contribution < 1.29 is 0 Å². The highest BCUT2D eigenvalue weighted by Gasteiger charge is 1.99. The smallest absolute Gasteiger partial charge is 0.151 e. The van der Waals surface area contributed by atoms with E-state index in [1.807, 2.05) is 24.3 Å². The summed E-state index contributed by atoms with van der Waals surface area (Å²) in [5.41, 5.74) is 2.61. The summed E-state index contributed by atoms with van der Waals surface area (Å²) in [5, 5.41) is 9.03. The number of hydrogen-bond acceptors (Lipinski definition) is 3. The molecule has 104 valence electrons. The largest absolute Gasteiger partial charge is 0.337 e. The standard InChI is InChI=1S/C15H10Cl2N4/c16-11-6-5-10(12(17)7-11)8-18-19-9-15-20-13-3-1-2-4-14(13)21-15/h1-9H,(H,20,21). The molecule has 3 aromatic rings. The van der Waals surface area contributed by atoms with Crippen molar-refractivity contribution in [1.29, 1.82) is 0 Å². The maximum Gasteiger partial charge on any atom is 0.151 e. The first kappa shape index (κ1) is 13.8. The highest BCUT2D eigenvalue weighted by atomic mass is 35.5. The van der Waals surface area contributed by atoms with Gasteiger partial charge < -0.3 is 4.98 Å². The third kappa shape index (κ3) is 3.29. The average molecular weight is 317 g/mol. The molecule has 0 saturated carbocycles. The molecule has 0 aliphatic carbocycles. The predicted molar refractivity (Wildman–Crippen MR) is 87.7 cm³/mol. The van der Waals surface area contributed by atoms with Gasteiger partial charge in [-0.3, -0.25) is 0 Å². The van der Waals surface area contributed by atoms with E-state index < -0.39 is 0 Å². The number of imidazole rings is 1. The van der Waals surface area contributed by atoms with Gasteiger partial charge in [-0.2, -0.15) is 10.2 Å². The van der Waals surface area contributed by atoms with Crippen LogP contribution in [0.25, 0.3) is 11.0 Å². The van der Waals surface area contributed by atoms with Gasteiger partial charge in [0.2, 0.25) is 0 Å². The number of rotatable bonds is 3. The van der Waals surface area contributed by atoms with Crippen LogP contribution in [0.3, 0.4) is 0 Å². The minimum Gasteiger partial charge on any atom is -0.337 e. The number of nitrogens with zero attached hydrogens (tertiary/aromatic N) is 3. The van der Waals surface area contributed by atoms with Gasteiger partial charge in [0.1, 0.15) is 0 Å². The topological polar surface area (TPSA) is 53.4 Å². The number of aromatic nitrogens is 2. The van der Waals surface area contributed by atoms with Gasteiger partial charge >= 0.3 is 0 Å². The lowest BCUT2D eigenvalue weighted by atomic mass is 10.2. The molecule has 0 bridgehead atoms. The van der Waals surface area contributed by atoms with Crippen molar-refractivity contribution in [3.63, 3.8) is 0 Å². The zero-order chi connectivity index (χ0) is 14.7. The number of H-pyrrole nitrogens is 1. The molecule has 21 heavy (non-hydrogen) atoms. The molecule has 1 N–H and O–H groups in total. The minimum atomic E-state index is 0.533. The van der Waals surface area contributed by atoms with Crippen LogP contribution in [0, 0.1) is 0 Å². The third-order valence-corrected chi connectivity index (χ3v) is 3.38. The Bertz CT molecular complexity index is 804. The molecule has 0 amide bonds. The molecule has 1 heterocycles. The van der Waals surface area contributed by atoms with Gasteiger partial charge in [0.05, 0.1) is 28.5 Å². The first-order valence-electron chi connectivity index (χ1n) is 6.18. The van der Waals surface area contributed by atoms with Crippen molar-refractivity contribution in [3.05, 3.63) is 63.9 Å². The fraction of sp³-hybridized carbons (Fsp3) is 0. The molecule has 2 aromatic carbocycles. The number of halogens is 2. The van der Waals surface area contributed by atoms with Crippen LogP contribution in [0.15, 0.2) is 52.7 Å². The molecule has 3 rings (SSSR count). The van der Waals surface area contributed by atoms with Gasteiger partial charge in [-0.1, -0.05) is 41.4 Å². The molecule has 0 aliphatic heterocycles. The van der Waals surface area contributed by atoms with Crippen molar-refractivity contribution in [3.8, 4) is 0 Å². The Morgan fingerprint density at radius 1 is 1.00 bits per heavy atom. The molecule has 0 radical (unpaired) electrons. The van der Waals surface area contributed by atoms with Crippen LogP contribution in [0.4, 0.5) is 0 Å². The fourth-order valence-corrected chi connectivity index (χ4v) is 2.28. The van der Waals surface area contributed by atoms with Gasteiger partial charge in [0.25, 0.3) is 0 Å². The lowest BCUT2D eigenvalue weighted by molar-refractivity contribution is 1.23. The lowest BCUT2D eigenvalue weighted by Crippen LogP contribution is -1.84. The van der Waals surface area contributed by atoms with E-state index >= 15 is 0 Å². The molecule has 0 unspecified atom stereocenters. The second kappa shape index (κ2) is 6.08. The Morgan fingerprint density at radius 2 is 1.81 bits per heavy atom. The van der Waals surface area contributed by atoms with Crippen LogP contribution in [-0.2, 0) is 0 Å². The number of nitrogens with one attached hydrogen (secondary N) is 1. The van der Waals surface area contributed by atoms with E-state index in [2.05, 4.69) is 20.2 Å². The summed E-state index contributed by atoms with van der Waals surface area (Å²) in [5.74, 6) is 0.649. The Hall–Kier alpha value is -2.17. The Balaban J connectivity index is 1.75. The van der Waals surface area contributed by atoms with E-state index in [1.54, 1.807) is 30.6 Å². The summed E-state index contributed by atoms with van der Waals surface area (Å²) in [6, 6.07) is 13.0. The van der Waals surface area contributed by atoms with Crippen molar-refractivity contribution >= 4 is 46.7 Å². The second-order valence-corrected chi connectivity index (χ2v) is 5.14. The maximum atomic E-state index is 6.03. The molecular weight excluding hydrogens is 307 g/mol. The Labute approximate surface area is 131 Å². The van der Waals surface area contributed by atoms with Gasteiger partial charge in [-0.25, -0.2) is 4.98 Å². The van der Waals surface area contributed by atoms with Crippen LogP contribution in [0.2, 0.25) is 10.0 Å². The van der Waals surface area contributed by atoms with Gasteiger partial charge in [-0.05, 0) is 24.3 Å². The number of fused-ring (bicyclic) bond motifs is 1. The quantitative estimate of drug-likeness (QED) is 0.567. The molecule has 0 spiro atoms. The van der Waals surface area contributed by atoms with Crippen LogP contribution < -0.4 is 0 Å². The van der Waals surface area contributed by atoms with Crippen molar-refractivity contribution in [2.24, 2.45) is 10.2 Å². The molecule has 0 saturated heterocycles. The van der Waals surface area contributed by atoms with Crippen LogP contribution in [0.1, 0.15) is 11.4 Å². The summed E-state index contributed by atoms with van der Waals surface area (Å²) in [7, 11) is 0. The molecule has 0 atom stereocenters. The number of aromatic amines is 1. The third-order valence-electron chi connectivity index (χ3n) is 2.81. The minimum absolute atomic E-state index is 0.533. The van der Waals surface area contributed by atoms with Crippen molar-refractivity contribution in [1.82, 2.24) is 9.97 Å². The molecule has 4 nitrogen and oxygen atoms in total. The molecule has 6 heteroatoms. The molecule has 0 aliphatic rings. The summed E-state index contributed by atoms with van der Waals surface area (Å²) < 4.78 is 0. The summed E-state index contributed by atoms with van der Waals surface area (Å²) in [6.07, 6.45) is 3.12. The van der Waals surface area contributed by atoms with E-state index in [0.717, 1.165) is 16.6 Å². The number of hydrogen-bond donors (Lipinski definition) is 1. The van der Waals surface area contributed by atoms with Gasteiger partial charge in [0, 0.05) is 10.6 Å². The van der Waals surface area contributed by atoms with Gasteiger partial charge in [-0.15, -0.1) is 0 Å². The maximum absolute atomic E-state index is 6.03. The van der Waals surface area contributed by atoms with E-state index in [-0.39, 0.29) is 0 Å². The van der Waals surface area contributed by atoms with E-state index in [9.17, 15) is 0 Å². The Kier molecular flexibility index (Phi) is 3.99. The number of para-hydroxylation sites is 2. The van der Waals surface area contributed by atoms with E-state index in [1.165, 1.54) is 0 Å². The zero-order valence-electron chi connectivity index (χ0n) is 10.8. The summed E-state index contributed by atoms with van der Waals surface area (Å²) >= 11 is 11.9. The molecular formula is C15H10Cl2N4. The normalized spacial score (nSPS) is 11.9. The van der Waals surface area contributed by atoms with Crippen LogP contribution in [0.5, 0.6) is 0 Å². The first-order valence-corrected chi connectivity index (χ1v) is 6.94. The summed E-state index contributed by atoms with van der Waals surface area (Å²) in [4.78, 5) is 7.50. The van der Waals surface area contributed by atoms with E-state index in [0.29, 0.717) is 15.9 Å². The second-order valence-electron chi connectivity index (χ2n) is 4.29.